The fourth-order valence-corrected chi connectivity index (χ4v) is 2.94. The van der Waals surface area contributed by atoms with E-state index in [9.17, 15) is 0 Å². The summed E-state index contributed by atoms with van der Waals surface area (Å²) in [6.45, 7) is 6.15. The van der Waals surface area contributed by atoms with Crippen molar-refractivity contribution in [3.63, 3.8) is 0 Å². The van der Waals surface area contributed by atoms with Crippen LogP contribution in [0.5, 0.6) is 0 Å². The first-order valence-corrected chi connectivity index (χ1v) is 9.18. The Kier molecular flexibility index (Phi) is 8.49. The highest BCUT2D eigenvalue weighted by Crippen LogP contribution is 2.12. The van der Waals surface area contributed by atoms with Gasteiger partial charge >= 0.3 is 0 Å². The quantitative estimate of drug-likeness (QED) is 0.388. The van der Waals surface area contributed by atoms with Crippen molar-refractivity contribution in [2.24, 2.45) is 12.0 Å². The second-order valence-electron chi connectivity index (χ2n) is 6.69. The van der Waals surface area contributed by atoms with Crippen LogP contribution in [0.25, 0.3) is 0 Å². The topological polar surface area (TPSA) is 76.4 Å². The Morgan fingerprint density at radius 2 is 1.96 bits per heavy atom. The predicted octanol–water partition coefficient (Wildman–Crippen LogP) is 2.72. The van der Waals surface area contributed by atoms with Gasteiger partial charge in [0, 0.05) is 26.3 Å². The van der Waals surface area contributed by atoms with Gasteiger partial charge in [0.2, 0.25) is 0 Å². The number of benzene rings is 1. The Hall–Kier alpha value is -1.68. The van der Waals surface area contributed by atoms with Gasteiger partial charge in [-0.1, -0.05) is 30.3 Å². The summed E-state index contributed by atoms with van der Waals surface area (Å²) < 4.78 is 7.43. The minimum Gasteiger partial charge on any atom is -0.381 e. The first-order chi connectivity index (χ1) is 12.6. The number of hydrogen-bond donors (Lipinski definition) is 2. The van der Waals surface area contributed by atoms with Gasteiger partial charge in [-0.2, -0.15) is 0 Å². The van der Waals surface area contributed by atoms with Crippen LogP contribution in [-0.4, -0.2) is 40.0 Å². The van der Waals surface area contributed by atoms with Gasteiger partial charge in [-0.25, -0.2) is 4.99 Å². The van der Waals surface area contributed by atoms with E-state index in [1.54, 1.807) is 0 Å². The molecule has 1 atom stereocenters. The Bertz CT molecular complexity index is 727. The maximum absolute atomic E-state index is 5.46. The van der Waals surface area contributed by atoms with Crippen LogP contribution in [0.4, 0.5) is 0 Å². The average Bonchev–Trinajstić information content (AvgIpc) is 2.99. The van der Waals surface area contributed by atoms with E-state index < -0.39 is 0 Å². The van der Waals surface area contributed by atoms with Crippen molar-refractivity contribution in [3.8, 4) is 0 Å². The molecule has 0 amide bonds. The molecule has 1 aromatic heterocycles. The van der Waals surface area contributed by atoms with Gasteiger partial charge in [-0.15, -0.1) is 34.2 Å². The molecule has 0 aliphatic carbocycles. The summed E-state index contributed by atoms with van der Waals surface area (Å²) in [5.41, 5.74) is 1.23. The van der Waals surface area contributed by atoms with Gasteiger partial charge in [0.25, 0.3) is 0 Å². The lowest BCUT2D eigenvalue weighted by Gasteiger charge is -2.27. The molecule has 0 spiro atoms. The van der Waals surface area contributed by atoms with Crippen LogP contribution in [0.3, 0.4) is 0 Å². The van der Waals surface area contributed by atoms with E-state index in [1.807, 2.05) is 24.6 Å². The van der Waals surface area contributed by atoms with Gasteiger partial charge in [0.15, 0.2) is 11.8 Å². The fraction of sp³-hybridized carbons (Fsp3) is 0.526. The van der Waals surface area contributed by atoms with Gasteiger partial charge in [0.05, 0.1) is 6.04 Å². The molecular formula is C19H29IN6O. The third-order valence-electron chi connectivity index (χ3n) is 4.78. The number of aliphatic imine (C=N–C) groups is 1. The van der Waals surface area contributed by atoms with Gasteiger partial charge < -0.3 is 19.9 Å². The van der Waals surface area contributed by atoms with Gasteiger partial charge in [-0.05, 0) is 32.3 Å². The minimum atomic E-state index is 0. The van der Waals surface area contributed by atoms with Crippen LogP contribution in [0, 0.1) is 6.92 Å². The van der Waals surface area contributed by atoms with E-state index in [0.717, 1.165) is 43.7 Å². The Labute approximate surface area is 178 Å². The first kappa shape index (κ1) is 21.6. The van der Waals surface area contributed by atoms with Crippen molar-refractivity contribution in [1.82, 2.24) is 25.4 Å². The summed E-state index contributed by atoms with van der Waals surface area (Å²) in [5.74, 6) is 2.54. The summed E-state index contributed by atoms with van der Waals surface area (Å²) in [6.07, 6.45) is 1.98. The highest BCUT2D eigenvalue weighted by molar-refractivity contribution is 14.0. The highest BCUT2D eigenvalue weighted by atomic mass is 127. The molecule has 1 fully saturated rings. The molecule has 3 rings (SSSR count). The molecule has 148 valence electrons. The Morgan fingerprint density at radius 1 is 1.26 bits per heavy atom. The van der Waals surface area contributed by atoms with E-state index in [2.05, 4.69) is 52.0 Å². The largest absolute Gasteiger partial charge is 0.381 e. The third-order valence-corrected chi connectivity index (χ3v) is 4.78. The first-order valence-electron chi connectivity index (χ1n) is 9.18. The van der Waals surface area contributed by atoms with Crippen molar-refractivity contribution in [3.05, 3.63) is 47.5 Å². The number of ether oxygens (including phenoxy) is 1. The molecular weight excluding hydrogens is 455 g/mol. The zero-order valence-corrected chi connectivity index (χ0v) is 18.5. The smallest absolute Gasteiger partial charge is 0.192 e. The molecule has 0 bridgehead atoms. The van der Waals surface area contributed by atoms with Crippen molar-refractivity contribution in [1.29, 1.82) is 0 Å². The van der Waals surface area contributed by atoms with Gasteiger partial charge in [0.1, 0.15) is 12.4 Å². The van der Waals surface area contributed by atoms with Crippen LogP contribution in [0.15, 0.2) is 35.3 Å². The summed E-state index contributed by atoms with van der Waals surface area (Å²) >= 11 is 0. The lowest BCUT2D eigenvalue weighted by Crippen LogP contribution is -2.46. The zero-order valence-electron chi connectivity index (χ0n) is 16.2. The molecule has 1 aliphatic rings. The molecule has 8 heteroatoms. The Morgan fingerprint density at radius 3 is 2.59 bits per heavy atom. The Balaban J connectivity index is 0.00000261. The van der Waals surface area contributed by atoms with Crippen LogP contribution < -0.4 is 10.6 Å². The fourth-order valence-electron chi connectivity index (χ4n) is 2.94. The van der Waals surface area contributed by atoms with Gasteiger partial charge in [-0.3, -0.25) is 0 Å². The predicted molar refractivity (Wildman–Crippen MR) is 117 cm³/mol. The molecule has 7 nitrogen and oxygen atoms in total. The van der Waals surface area contributed by atoms with Crippen molar-refractivity contribution in [2.75, 3.05) is 13.2 Å². The molecule has 2 N–H and O–H groups in total. The molecule has 1 unspecified atom stereocenters. The SMILES string of the molecule is Cc1nnc(CN=C(NC2CCOCC2)NC(C)c2ccccc2)n1C.I. The summed E-state index contributed by atoms with van der Waals surface area (Å²) in [5, 5.41) is 15.4. The number of hydrogen-bond acceptors (Lipinski definition) is 4. The number of aromatic nitrogens is 3. The lowest BCUT2D eigenvalue weighted by molar-refractivity contribution is 0.0822. The molecule has 2 aromatic rings. The molecule has 1 saturated heterocycles. The van der Waals surface area contributed by atoms with Crippen LogP contribution in [-0.2, 0) is 18.3 Å². The molecule has 0 saturated carbocycles. The monoisotopic (exact) mass is 484 g/mol. The van der Waals surface area contributed by atoms with Crippen LogP contribution >= 0.6 is 24.0 Å². The summed E-state index contributed by atoms with van der Waals surface area (Å²) in [7, 11) is 1.96. The second-order valence-corrected chi connectivity index (χ2v) is 6.69. The number of guanidine groups is 1. The van der Waals surface area contributed by atoms with Crippen molar-refractivity contribution in [2.45, 2.75) is 45.3 Å². The maximum atomic E-state index is 5.46. The zero-order chi connectivity index (χ0) is 18.4. The van der Waals surface area contributed by atoms with Crippen molar-refractivity contribution >= 4 is 29.9 Å². The number of nitrogens with zero attached hydrogens (tertiary/aromatic N) is 4. The van der Waals surface area contributed by atoms with Crippen LogP contribution in [0.1, 0.15) is 43.0 Å². The summed E-state index contributed by atoms with van der Waals surface area (Å²) in [4.78, 5) is 4.76. The molecule has 27 heavy (non-hydrogen) atoms. The lowest BCUT2D eigenvalue weighted by atomic mass is 10.1. The number of rotatable bonds is 5. The number of nitrogens with one attached hydrogen (secondary N) is 2. The van der Waals surface area contributed by atoms with E-state index in [4.69, 9.17) is 9.73 Å². The molecule has 1 aromatic carbocycles. The molecule has 0 radical (unpaired) electrons. The van der Waals surface area contributed by atoms with E-state index in [0.29, 0.717) is 12.6 Å². The van der Waals surface area contributed by atoms with Crippen molar-refractivity contribution < 1.29 is 4.74 Å². The molecule has 1 aliphatic heterocycles. The third kappa shape index (κ3) is 6.17. The van der Waals surface area contributed by atoms with Crippen LogP contribution in [0.2, 0.25) is 0 Å². The van der Waals surface area contributed by atoms with E-state index in [-0.39, 0.29) is 30.0 Å². The molecule has 2 heterocycles. The number of halogens is 1. The summed E-state index contributed by atoms with van der Waals surface area (Å²) in [6, 6.07) is 10.9. The standard InChI is InChI=1S/C19H28N6O.HI/c1-14(16-7-5-4-6-8-16)21-19(22-17-9-11-26-12-10-17)20-13-18-24-23-15(2)25(18)3;/h4-8,14,17H,9-13H2,1-3H3,(H2,20,21,22);1H. The van der Waals surface area contributed by atoms with E-state index >= 15 is 0 Å². The maximum Gasteiger partial charge on any atom is 0.192 e. The normalized spacial score (nSPS) is 16.5. The van der Waals surface area contributed by atoms with E-state index in [1.165, 1.54) is 5.56 Å². The average molecular weight is 484 g/mol. The highest BCUT2D eigenvalue weighted by Gasteiger charge is 2.17. The minimum absolute atomic E-state index is 0. The number of aryl methyl sites for hydroxylation is 1. The second kappa shape index (κ2) is 10.6.